The van der Waals surface area contributed by atoms with Gasteiger partial charge in [-0.3, -0.25) is 9.97 Å². The van der Waals surface area contributed by atoms with E-state index in [-0.39, 0.29) is 0 Å². The van der Waals surface area contributed by atoms with Gasteiger partial charge in [-0.05, 0) is 149 Å². The first-order valence-electron chi connectivity index (χ1n) is 26.7. The molecule has 0 fully saturated rings. The monoisotopic (exact) mass is 1010 g/mol. The maximum atomic E-state index is 10.1. The van der Waals surface area contributed by atoms with E-state index in [4.69, 9.17) is 14.7 Å². The van der Waals surface area contributed by atoms with Crippen LogP contribution in [0.15, 0.2) is 255 Å². The molecule has 1 spiro atoms. The fourth-order valence-electron chi connectivity index (χ4n) is 13.5. The van der Waals surface area contributed by atoms with E-state index in [1.807, 2.05) is 42.7 Å². The van der Waals surface area contributed by atoms with E-state index in [2.05, 4.69) is 232 Å². The third-order valence-electron chi connectivity index (χ3n) is 16.8. The summed E-state index contributed by atoms with van der Waals surface area (Å²) >= 11 is 0. The minimum atomic E-state index is -0.817. The van der Waals surface area contributed by atoms with Gasteiger partial charge in [-0.1, -0.05) is 121 Å². The van der Waals surface area contributed by atoms with Gasteiger partial charge >= 0.3 is 0 Å². The Morgan fingerprint density at radius 2 is 0.823 bits per heavy atom. The second-order valence-corrected chi connectivity index (χ2v) is 20.8. The lowest BCUT2D eigenvalue weighted by Crippen LogP contribution is -2.32. The molecule has 0 amide bonds. The van der Waals surface area contributed by atoms with Crippen LogP contribution in [-0.4, -0.2) is 23.7 Å². The van der Waals surface area contributed by atoms with E-state index < -0.39 is 5.41 Å². The van der Waals surface area contributed by atoms with Crippen LogP contribution in [-0.2, 0) is 5.41 Å². The number of fused-ring (bicyclic) bond motifs is 18. The topological polar surface area (TPSA) is 73.6 Å². The Bertz CT molecular complexity index is 5030. The van der Waals surface area contributed by atoms with Gasteiger partial charge in [0.25, 0.3) is 0 Å². The minimum Gasteiger partial charge on any atom is -0.456 e. The Labute approximate surface area is 453 Å². The van der Waals surface area contributed by atoms with Crippen LogP contribution in [0.25, 0.3) is 116 Å². The summed E-state index contributed by atoms with van der Waals surface area (Å²) < 4.78 is 14.4. The van der Waals surface area contributed by atoms with E-state index >= 15 is 0 Å². The number of nitriles is 1. The molecule has 17 rings (SSSR count). The Morgan fingerprint density at radius 1 is 0.354 bits per heavy atom. The van der Waals surface area contributed by atoms with E-state index in [9.17, 15) is 5.26 Å². The average Bonchev–Trinajstić information content (AvgIpc) is 4.43. The molecule has 7 nitrogen and oxygen atoms in total. The molecule has 15 aromatic rings. The molecule has 0 atom stereocenters. The van der Waals surface area contributed by atoms with Gasteiger partial charge in [-0.2, -0.15) is 5.26 Å². The van der Waals surface area contributed by atoms with E-state index in [1.165, 1.54) is 32.6 Å². The summed E-state index contributed by atoms with van der Waals surface area (Å²) in [5.74, 6) is 1.56. The largest absolute Gasteiger partial charge is 0.456 e. The van der Waals surface area contributed by atoms with Crippen LogP contribution in [0.2, 0.25) is 0 Å². The summed E-state index contributed by atoms with van der Waals surface area (Å²) in [4.78, 5) is 10.1. The molecule has 79 heavy (non-hydrogen) atoms. The fraction of sp³-hybridized carbons (Fsp3) is 0.0139. The van der Waals surface area contributed by atoms with Gasteiger partial charge < -0.3 is 18.4 Å². The number of hydrogen-bond acceptors (Lipinski definition) is 4. The van der Waals surface area contributed by atoms with Gasteiger partial charge in [0.05, 0.1) is 61.5 Å². The summed E-state index contributed by atoms with van der Waals surface area (Å²) in [6.07, 6.45) is 3.74. The van der Waals surface area contributed by atoms with Gasteiger partial charge in [0.2, 0.25) is 0 Å². The highest BCUT2D eigenvalue weighted by Gasteiger charge is 2.53. The summed E-state index contributed by atoms with van der Waals surface area (Å²) in [7, 11) is 0. The average molecular weight is 1010 g/mol. The summed E-state index contributed by atoms with van der Waals surface area (Å²) in [6, 6.07) is 89.1. The van der Waals surface area contributed by atoms with Crippen molar-refractivity contribution in [1.29, 1.82) is 5.26 Å². The zero-order valence-corrected chi connectivity index (χ0v) is 42.3. The number of aromatic nitrogens is 5. The SMILES string of the molecule is N#Cc1ccc2c(c1)c1cc(-c3cccc4c3Oc3ccc(-c5ccc6c(c5)c5ccccc5n6-c5ccc(-n6c7ccccc7c7ccccc76)cc5)cc3C43c4cccnc4-c4ncccc43)ccc1n2-c1ccccc1. The van der Waals surface area contributed by atoms with Crippen molar-refractivity contribution in [1.82, 2.24) is 23.7 Å². The van der Waals surface area contributed by atoms with E-state index in [0.717, 1.165) is 117 Å². The molecule has 2 aliphatic rings. The molecule has 6 heterocycles. The van der Waals surface area contributed by atoms with Crippen LogP contribution in [0.3, 0.4) is 0 Å². The molecule has 366 valence electrons. The minimum absolute atomic E-state index is 0.619. The maximum absolute atomic E-state index is 10.1. The standard InChI is InChI=1S/C72H42N6O/c73-43-44-25-33-65-55(39-44)57-41-47(27-35-67(57)76(65)48-13-2-1-3-14-48)51-18-10-19-60-71(51)79-68-36-28-46(42-61(68)72(60)58-20-11-37-74-69(58)70-59(72)21-12-38-75-70)45-26-34-66-56(40-45)54-17-6-9-24-64(54)78(66)50-31-29-49(30-32-50)77-62-22-7-4-15-52(62)53-16-5-8-23-63(53)77/h1-42H. The number of benzene rings is 10. The smallest absolute Gasteiger partial charge is 0.140 e. The lowest BCUT2D eigenvalue weighted by Gasteiger charge is -2.40. The molecule has 1 aliphatic carbocycles. The number of rotatable bonds is 5. The molecule has 1 aliphatic heterocycles. The molecule has 5 aromatic heterocycles. The lowest BCUT2D eigenvalue weighted by atomic mass is 9.65. The first-order valence-corrected chi connectivity index (χ1v) is 26.7. The fourth-order valence-corrected chi connectivity index (χ4v) is 13.5. The predicted molar refractivity (Wildman–Crippen MR) is 318 cm³/mol. The van der Waals surface area contributed by atoms with Crippen LogP contribution < -0.4 is 4.74 Å². The lowest BCUT2D eigenvalue weighted by molar-refractivity contribution is 0.438. The van der Waals surface area contributed by atoms with Gasteiger partial charge in [0.15, 0.2) is 0 Å². The molecule has 0 N–H and O–H groups in total. The van der Waals surface area contributed by atoms with Crippen molar-refractivity contribution < 1.29 is 4.74 Å². The van der Waals surface area contributed by atoms with Crippen molar-refractivity contribution in [2.24, 2.45) is 0 Å². The third-order valence-corrected chi connectivity index (χ3v) is 16.8. The maximum Gasteiger partial charge on any atom is 0.140 e. The van der Waals surface area contributed by atoms with Crippen LogP contribution in [0.1, 0.15) is 27.8 Å². The molecular weight excluding hydrogens is 965 g/mol. The first kappa shape index (κ1) is 43.4. The Morgan fingerprint density at radius 3 is 1.44 bits per heavy atom. The molecule has 0 saturated heterocycles. The van der Waals surface area contributed by atoms with E-state index in [1.54, 1.807) is 0 Å². The molecule has 0 unspecified atom stereocenters. The summed E-state index contributed by atoms with van der Waals surface area (Å²) in [5.41, 5.74) is 19.9. The molecular formula is C72H42N6O. The normalized spacial score (nSPS) is 13.0. The van der Waals surface area contributed by atoms with Gasteiger partial charge in [-0.25, -0.2) is 0 Å². The Hall–Kier alpha value is -10.8. The quantitative estimate of drug-likeness (QED) is 0.172. The van der Waals surface area contributed by atoms with Crippen molar-refractivity contribution in [3.05, 3.63) is 283 Å². The number of ether oxygens (including phenoxy) is 1. The van der Waals surface area contributed by atoms with Crippen molar-refractivity contribution in [3.63, 3.8) is 0 Å². The third kappa shape index (κ3) is 6.00. The Kier molecular flexibility index (Phi) is 8.99. The van der Waals surface area contributed by atoms with Crippen molar-refractivity contribution >= 4 is 65.4 Å². The van der Waals surface area contributed by atoms with Crippen molar-refractivity contribution in [3.8, 4) is 68.3 Å². The molecule has 10 aromatic carbocycles. The second kappa shape index (κ2) is 16.3. The number of pyridine rings is 2. The number of hydrogen-bond donors (Lipinski definition) is 0. The summed E-state index contributed by atoms with van der Waals surface area (Å²) in [6.45, 7) is 0. The highest BCUT2D eigenvalue weighted by atomic mass is 16.5. The van der Waals surface area contributed by atoms with Crippen LogP contribution in [0.5, 0.6) is 11.5 Å². The van der Waals surface area contributed by atoms with Gasteiger partial charge in [-0.15, -0.1) is 0 Å². The van der Waals surface area contributed by atoms with Crippen molar-refractivity contribution in [2.45, 2.75) is 5.41 Å². The Balaban J connectivity index is 0.824. The van der Waals surface area contributed by atoms with Gasteiger partial charge in [0, 0.05) is 78.5 Å². The predicted octanol–water partition coefficient (Wildman–Crippen LogP) is 17.4. The highest BCUT2D eigenvalue weighted by Crippen LogP contribution is 2.63. The van der Waals surface area contributed by atoms with Crippen molar-refractivity contribution in [2.75, 3.05) is 0 Å². The molecule has 0 bridgehead atoms. The first-order chi connectivity index (χ1) is 39.1. The molecule has 7 heteroatoms. The second-order valence-electron chi connectivity index (χ2n) is 20.8. The zero-order valence-electron chi connectivity index (χ0n) is 42.3. The van der Waals surface area contributed by atoms with Crippen LogP contribution >= 0.6 is 0 Å². The van der Waals surface area contributed by atoms with Gasteiger partial charge in [0.1, 0.15) is 11.5 Å². The zero-order chi connectivity index (χ0) is 51.9. The number of nitrogens with zero attached hydrogens (tertiary/aromatic N) is 6. The molecule has 0 saturated carbocycles. The summed E-state index contributed by atoms with van der Waals surface area (Å²) in [5, 5.41) is 17.0. The highest BCUT2D eigenvalue weighted by molar-refractivity contribution is 6.13. The van der Waals surface area contributed by atoms with Crippen LogP contribution in [0, 0.1) is 11.3 Å². The molecule has 0 radical (unpaired) electrons. The van der Waals surface area contributed by atoms with Crippen LogP contribution in [0.4, 0.5) is 0 Å². The number of para-hydroxylation sites is 5. The van der Waals surface area contributed by atoms with E-state index in [0.29, 0.717) is 5.56 Å².